The van der Waals surface area contributed by atoms with Crippen LogP contribution < -0.4 is 14.8 Å². The molecule has 1 aromatic heterocycles. The van der Waals surface area contributed by atoms with Crippen LogP contribution in [0.15, 0.2) is 30.5 Å². The summed E-state index contributed by atoms with van der Waals surface area (Å²) in [7, 11) is 1.42. The largest absolute Gasteiger partial charge is 0.493 e. The standard InChI is InChI=1S/C21H22ClF3N2O5/c1-12(2)6-7-31-16-5-4-13(8-17(16)30-3)20(29)32-11-18(28)27-19-15(22)9-14(10-26-19)21(23,24)25/h4-5,8-10,12H,6-7,11H2,1-3H3,(H,26,27,28). The third-order valence-electron chi connectivity index (χ3n) is 4.11. The molecule has 0 unspecified atom stereocenters. The van der Waals surface area contributed by atoms with E-state index in [9.17, 15) is 22.8 Å². The molecule has 1 heterocycles. The summed E-state index contributed by atoms with van der Waals surface area (Å²) >= 11 is 5.73. The first kappa shape index (κ1) is 25.3. The van der Waals surface area contributed by atoms with Gasteiger partial charge in [0.1, 0.15) is 0 Å². The number of carbonyl (C=O) groups excluding carboxylic acids is 2. The number of benzene rings is 1. The Morgan fingerprint density at radius 3 is 2.50 bits per heavy atom. The van der Waals surface area contributed by atoms with Crippen molar-refractivity contribution in [3.8, 4) is 11.5 Å². The molecule has 0 bridgehead atoms. The maximum absolute atomic E-state index is 12.6. The first-order valence-electron chi connectivity index (χ1n) is 9.51. The summed E-state index contributed by atoms with van der Waals surface area (Å²) in [5, 5.41) is 1.78. The number of aromatic nitrogens is 1. The molecule has 2 rings (SSSR count). The van der Waals surface area contributed by atoms with Gasteiger partial charge in [-0.2, -0.15) is 13.2 Å². The molecule has 174 valence electrons. The summed E-state index contributed by atoms with van der Waals surface area (Å²) in [6, 6.07) is 5.07. The SMILES string of the molecule is COc1cc(C(=O)OCC(=O)Nc2ncc(C(F)(F)F)cc2Cl)ccc1OCCC(C)C. The Morgan fingerprint density at radius 1 is 1.19 bits per heavy atom. The van der Waals surface area contributed by atoms with E-state index in [1.54, 1.807) is 6.07 Å². The molecule has 2 aromatic rings. The third kappa shape index (κ3) is 7.30. The van der Waals surface area contributed by atoms with Crippen LogP contribution in [0.1, 0.15) is 36.2 Å². The van der Waals surface area contributed by atoms with Crippen LogP contribution in [0.3, 0.4) is 0 Å². The average molecular weight is 475 g/mol. The highest BCUT2D eigenvalue weighted by atomic mass is 35.5. The van der Waals surface area contributed by atoms with Crippen LogP contribution in [0.25, 0.3) is 0 Å². The fourth-order valence-electron chi connectivity index (χ4n) is 2.39. The summed E-state index contributed by atoms with van der Waals surface area (Å²) < 4.78 is 53.7. The molecule has 0 radical (unpaired) electrons. The molecule has 1 amide bonds. The van der Waals surface area contributed by atoms with Crippen LogP contribution in [0.5, 0.6) is 11.5 Å². The van der Waals surface area contributed by atoms with Crippen LogP contribution in [0.2, 0.25) is 5.02 Å². The van der Waals surface area contributed by atoms with Gasteiger partial charge >= 0.3 is 12.1 Å². The first-order chi connectivity index (χ1) is 15.0. The second kappa shape index (κ2) is 11.0. The van der Waals surface area contributed by atoms with E-state index in [0.717, 1.165) is 6.42 Å². The van der Waals surface area contributed by atoms with Crippen LogP contribution >= 0.6 is 11.6 Å². The third-order valence-corrected chi connectivity index (χ3v) is 4.40. The minimum atomic E-state index is -4.62. The smallest absolute Gasteiger partial charge is 0.417 e. The number of hydrogen-bond acceptors (Lipinski definition) is 6. The van der Waals surface area contributed by atoms with Gasteiger partial charge in [0, 0.05) is 6.20 Å². The van der Waals surface area contributed by atoms with Gasteiger partial charge in [-0.15, -0.1) is 0 Å². The number of nitrogens with zero attached hydrogens (tertiary/aromatic N) is 1. The second-order valence-electron chi connectivity index (χ2n) is 7.07. The number of halogens is 4. The van der Waals surface area contributed by atoms with Crippen molar-refractivity contribution in [1.29, 1.82) is 0 Å². The van der Waals surface area contributed by atoms with Gasteiger partial charge in [0.15, 0.2) is 23.9 Å². The van der Waals surface area contributed by atoms with Crippen molar-refractivity contribution >= 4 is 29.3 Å². The van der Waals surface area contributed by atoms with Gasteiger partial charge < -0.3 is 19.5 Å². The Labute approximate surface area is 187 Å². The topological polar surface area (TPSA) is 86.8 Å². The maximum atomic E-state index is 12.6. The summed E-state index contributed by atoms with van der Waals surface area (Å²) in [6.45, 7) is 3.92. The van der Waals surface area contributed by atoms with Gasteiger partial charge in [-0.05, 0) is 36.6 Å². The number of ether oxygens (including phenoxy) is 3. The summed E-state index contributed by atoms with van der Waals surface area (Å²) in [6.07, 6.45) is -3.24. The number of nitrogens with one attached hydrogen (secondary N) is 1. The Balaban J connectivity index is 1.95. The molecule has 0 saturated heterocycles. The zero-order valence-corrected chi connectivity index (χ0v) is 18.3. The van der Waals surface area contributed by atoms with Crippen molar-refractivity contribution in [1.82, 2.24) is 4.98 Å². The lowest BCUT2D eigenvalue weighted by atomic mass is 10.1. The summed E-state index contributed by atoms with van der Waals surface area (Å²) in [5.74, 6) is -0.662. The number of pyridine rings is 1. The van der Waals surface area contributed by atoms with Gasteiger partial charge in [-0.25, -0.2) is 9.78 Å². The van der Waals surface area contributed by atoms with Gasteiger partial charge in [0.2, 0.25) is 0 Å². The van der Waals surface area contributed by atoms with Crippen molar-refractivity contribution in [3.63, 3.8) is 0 Å². The highest BCUT2D eigenvalue weighted by Crippen LogP contribution is 2.32. The Hall–Kier alpha value is -3.01. The van der Waals surface area contributed by atoms with E-state index < -0.39 is 35.2 Å². The van der Waals surface area contributed by atoms with Crippen LogP contribution in [-0.4, -0.2) is 37.2 Å². The molecule has 0 aliphatic rings. The molecule has 0 spiro atoms. The van der Waals surface area contributed by atoms with E-state index in [-0.39, 0.29) is 11.4 Å². The van der Waals surface area contributed by atoms with Crippen molar-refractivity contribution < 1.29 is 37.0 Å². The van der Waals surface area contributed by atoms with Crippen LogP contribution in [-0.2, 0) is 15.7 Å². The number of carbonyl (C=O) groups is 2. The lowest BCUT2D eigenvalue weighted by Gasteiger charge is -2.13. The van der Waals surface area contributed by atoms with E-state index in [1.807, 2.05) is 0 Å². The van der Waals surface area contributed by atoms with E-state index in [1.165, 1.54) is 19.2 Å². The Bertz CT molecular complexity index is 967. The number of anilines is 1. The lowest BCUT2D eigenvalue weighted by molar-refractivity contribution is -0.137. The highest BCUT2D eigenvalue weighted by molar-refractivity contribution is 6.33. The molecule has 0 fully saturated rings. The fourth-order valence-corrected chi connectivity index (χ4v) is 2.60. The molecule has 1 aromatic carbocycles. The zero-order valence-electron chi connectivity index (χ0n) is 17.6. The monoisotopic (exact) mass is 474 g/mol. The van der Waals surface area contributed by atoms with E-state index >= 15 is 0 Å². The Morgan fingerprint density at radius 2 is 1.91 bits per heavy atom. The molecule has 11 heteroatoms. The predicted octanol–water partition coefficient (Wildman–Crippen LogP) is 4.98. The van der Waals surface area contributed by atoms with E-state index in [0.29, 0.717) is 36.3 Å². The molecular formula is C21H22ClF3N2O5. The molecule has 0 aliphatic heterocycles. The van der Waals surface area contributed by atoms with Crippen molar-refractivity contribution in [2.75, 3.05) is 25.6 Å². The molecule has 0 saturated carbocycles. The summed E-state index contributed by atoms with van der Waals surface area (Å²) in [5.41, 5.74) is -0.936. The molecule has 0 aliphatic carbocycles. The van der Waals surface area contributed by atoms with E-state index in [2.05, 4.69) is 24.1 Å². The number of methoxy groups -OCH3 is 1. The molecule has 7 nitrogen and oxygen atoms in total. The zero-order chi connectivity index (χ0) is 23.9. The van der Waals surface area contributed by atoms with Crippen LogP contribution in [0.4, 0.5) is 19.0 Å². The predicted molar refractivity (Wildman–Crippen MR) is 111 cm³/mol. The van der Waals surface area contributed by atoms with E-state index in [4.69, 9.17) is 25.8 Å². The van der Waals surface area contributed by atoms with Gasteiger partial charge in [0.25, 0.3) is 5.91 Å². The van der Waals surface area contributed by atoms with Crippen molar-refractivity contribution in [3.05, 3.63) is 46.6 Å². The minimum Gasteiger partial charge on any atom is -0.493 e. The quantitative estimate of drug-likeness (QED) is 0.516. The van der Waals surface area contributed by atoms with Crippen LogP contribution in [0, 0.1) is 5.92 Å². The minimum absolute atomic E-state index is 0.122. The first-order valence-corrected chi connectivity index (χ1v) is 9.89. The normalized spacial score (nSPS) is 11.2. The highest BCUT2D eigenvalue weighted by Gasteiger charge is 2.31. The molecular weight excluding hydrogens is 453 g/mol. The number of alkyl halides is 3. The fraction of sp³-hybridized carbons (Fsp3) is 0.381. The van der Waals surface area contributed by atoms with Crippen molar-refractivity contribution in [2.24, 2.45) is 5.92 Å². The molecule has 0 atom stereocenters. The van der Waals surface area contributed by atoms with Crippen molar-refractivity contribution in [2.45, 2.75) is 26.4 Å². The van der Waals surface area contributed by atoms with Gasteiger partial charge in [0.05, 0.1) is 29.9 Å². The Kier molecular flexibility index (Phi) is 8.71. The average Bonchev–Trinajstić information content (AvgIpc) is 2.72. The maximum Gasteiger partial charge on any atom is 0.417 e. The molecule has 32 heavy (non-hydrogen) atoms. The summed E-state index contributed by atoms with van der Waals surface area (Å²) in [4.78, 5) is 27.7. The van der Waals surface area contributed by atoms with Gasteiger partial charge in [-0.1, -0.05) is 25.4 Å². The second-order valence-corrected chi connectivity index (χ2v) is 7.48. The lowest BCUT2D eigenvalue weighted by Crippen LogP contribution is -2.22. The number of amides is 1. The number of esters is 1. The van der Waals surface area contributed by atoms with Gasteiger partial charge in [-0.3, -0.25) is 4.79 Å². The molecule has 1 N–H and O–H groups in total. The number of rotatable bonds is 9. The number of hydrogen-bond donors (Lipinski definition) is 1.